The topological polar surface area (TPSA) is 96.7 Å². The zero-order valence-electron chi connectivity index (χ0n) is 12.8. The van der Waals surface area contributed by atoms with Gasteiger partial charge in [0.15, 0.2) is 11.5 Å². The van der Waals surface area contributed by atoms with Crippen molar-refractivity contribution in [1.29, 1.82) is 0 Å². The van der Waals surface area contributed by atoms with Crippen LogP contribution in [0.1, 0.15) is 10.5 Å². The molecule has 1 amide bonds. The first-order valence-electron chi connectivity index (χ1n) is 7.37. The third-order valence-electron chi connectivity index (χ3n) is 3.66. The minimum atomic E-state index is -0.654. The number of fused-ring (bicyclic) bond motifs is 1. The molecule has 4 rings (SSSR count). The Labute approximate surface area is 145 Å². The number of primary amides is 1. The molecule has 4 N–H and O–H groups in total. The zero-order chi connectivity index (χ0) is 17.4. The summed E-state index contributed by atoms with van der Waals surface area (Å²) in [7, 11) is 0. The van der Waals surface area contributed by atoms with Gasteiger partial charge in [-0.15, -0.1) is 21.5 Å². The normalized spacial score (nSPS) is 10.9. The molecule has 1 aromatic carbocycles. The van der Waals surface area contributed by atoms with Crippen LogP contribution < -0.4 is 11.1 Å². The molecule has 4 aromatic rings. The summed E-state index contributed by atoms with van der Waals surface area (Å²) in [5.74, 6) is -0.483. The van der Waals surface area contributed by atoms with Gasteiger partial charge in [0.25, 0.3) is 5.91 Å². The summed E-state index contributed by atoms with van der Waals surface area (Å²) in [6.45, 7) is 0. The molecule has 8 heteroatoms. The van der Waals surface area contributed by atoms with Crippen LogP contribution >= 0.6 is 11.3 Å². The second-order valence-electron chi connectivity index (χ2n) is 5.35. The average Bonchev–Trinajstić information content (AvgIpc) is 3.24. The first kappa shape index (κ1) is 15.3. The maximum atomic E-state index is 13.5. The van der Waals surface area contributed by atoms with Crippen LogP contribution in [-0.4, -0.2) is 21.1 Å². The number of rotatable bonds is 4. The molecule has 0 radical (unpaired) electrons. The van der Waals surface area contributed by atoms with Crippen LogP contribution in [0.4, 0.5) is 15.9 Å². The molecule has 0 saturated carbocycles. The van der Waals surface area contributed by atoms with Crippen molar-refractivity contribution < 1.29 is 9.18 Å². The van der Waals surface area contributed by atoms with Gasteiger partial charge < -0.3 is 16.0 Å². The third kappa shape index (κ3) is 2.83. The van der Waals surface area contributed by atoms with E-state index >= 15 is 0 Å². The molecule has 0 unspecified atom stereocenters. The van der Waals surface area contributed by atoms with E-state index in [1.807, 2.05) is 12.1 Å². The number of aromatic amines is 1. The maximum Gasteiger partial charge on any atom is 0.270 e. The summed E-state index contributed by atoms with van der Waals surface area (Å²) in [6, 6.07) is 9.96. The van der Waals surface area contributed by atoms with Crippen molar-refractivity contribution in [2.75, 3.05) is 5.32 Å². The molecule has 25 heavy (non-hydrogen) atoms. The number of carbonyl (C=O) groups excluding carboxylic acids is 1. The Morgan fingerprint density at radius 3 is 2.84 bits per heavy atom. The van der Waals surface area contributed by atoms with Gasteiger partial charge in [-0.3, -0.25) is 4.79 Å². The molecule has 0 aliphatic carbocycles. The number of hydrogen-bond donors (Lipinski definition) is 3. The fraction of sp³-hybridized carbons (Fsp3) is 0. The van der Waals surface area contributed by atoms with Gasteiger partial charge in [0, 0.05) is 22.7 Å². The molecule has 0 aliphatic rings. The minimum absolute atomic E-state index is 0.0993. The Bertz CT molecular complexity index is 1070. The van der Waals surface area contributed by atoms with Crippen LogP contribution in [0.3, 0.4) is 0 Å². The summed E-state index contributed by atoms with van der Waals surface area (Å²) in [5, 5.41) is 11.9. The lowest BCUT2D eigenvalue weighted by Gasteiger charge is -2.04. The number of nitrogens with zero attached hydrogens (tertiary/aromatic N) is 2. The van der Waals surface area contributed by atoms with E-state index in [0.717, 1.165) is 10.6 Å². The van der Waals surface area contributed by atoms with E-state index in [2.05, 4.69) is 20.5 Å². The molecule has 3 heterocycles. The van der Waals surface area contributed by atoms with E-state index in [1.54, 1.807) is 24.5 Å². The minimum Gasteiger partial charge on any atom is -0.366 e. The van der Waals surface area contributed by atoms with Crippen LogP contribution in [0.25, 0.3) is 20.5 Å². The molecule has 0 aliphatic heterocycles. The van der Waals surface area contributed by atoms with E-state index < -0.39 is 5.91 Å². The van der Waals surface area contributed by atoms with Crippen LogP contribution in [-0.2, 0) is 0 Å². The van der Waals surface area contributed by atoms with E-state index in [0.29, 0.717) is 21.5 Å². The summed E-state index contributed by atoms with van der Waals surface area (Å²) < 4.78 is 14.1. The number of halogens is 1. The third-order valence-corrected chi connectivity index (χ3v) is 4.85. The zero-order valence-corrected chi connectivity index (χ0v) is 13.6. The van der Waals surface area contributed by atoms with Gasteiger partial charge >= 0.3 is 0 Å². The van der Waals surface area contributed by atoms with E-state index in [9.17, 15) is 9.18 Å². The molecular formula is C17H12FN5OS. The summed E-state index contributed by atoms with van der Waals surface area (Å²) in [5.41, 5.74) is 7.04. The highest BCUT2D eigenvalue weighted by atomic mass is 32.1. The number of hydrogen-bond acceptors (Lipinski definition) is 5. The van der Waals surface area contributed by atoms with Crippen LogP contribution in [0.15, 0.2) is 48.8 Å². The maximum absolute atomic E-state index is 13.5. The highest BCUT2D eigenvalue weighted by molar-refractivity contribution is 7.22. The highest BCUT2D eigenvalue weighted by Gasteiger charge is 2.18. The lowest BCUT2D eigenvalue weighted by molar-refractivity contribution is 0.0996. The number of benzene rings is 1. The Morgan fingerprint density at radius 2 is 2.12 bits per heavy atom. The average molecular weight is 353 g/mol. The van der Waals surface area contributed by atoms with Gasteiger partial charge in [0.1, 0.15) is 5.82 Å². The Kier molecular flexibility index (Phi) is 3.66. The van der Waals surface area contributed by atoms with Crippen LogP contribution in [0.5, 0.6) is 0 Å². The van der Waals surface area contributed by atoms with Crippen molar-refractivity contribution in [2.24, 2.45) is 5.73 Å². The molecule has 0 saturated heterocycles. The van der Waals surface area contributed by atoms with Crippen LogP contribution in [0, 0.1) is 5.82 Å². The number of nitrogens with two attached hydrogens (primary N) is 1. The monoisotopic (exact) mass is 353 g/mol. The van der Waals surface area contributed by atoms with Crippen molar-refractivity contribution in [3.8, 4) is 10.4 Å². The van der Waals surface area contributed by atoms with Gasteiger partial charge in [-0.25, -0.2) is 4.39 Å². The summed E-state index contributed by atoms with van der Waals surface area (Å²) >= 11 is 1.32. The Balaban J connectivity index is 1.90. The number of anilines is 2. The molecule has 0 atom stereocenters. The second-order valence-corrected chi connectivity index (χ2v) is 6.40. The Hall–Kier alpha value is -3.26. The first-order chi connectivity index (χ1) is 12.1. The fourth-order valence-electron chi connectivity index (χ4n) is 2.52. The van der Waals surface area contributed by atoms with Gasteiger partial charge in [0.05, 0.1) is 10.4 Å². The quantitative estimate of drug-likeness (QED) is 0.521. The van der Waals surface area contributed by atoms with Gasteiger partial charge in [-0.2, -0.15) is 0 Å². The number of nitrogens with one attached hydrogen (secondary N) is 2. The summed E-state index contributed by atoms with van der Waals surface area (Å²) in [4.78, 5) is 15.4. The van der Waals surface area contributed by atoms with Crippen molar-refractivity contribution in [1.82, 2.24) is 15.2 Å². The molecule has 6 nitrogen and oxygen atoms in total. The van der Waals surface area contributed by atoms with Gasteiger partial charge in [-0.1, -0.05) is 12.1 Å². The molecule has 3 aromatic heterocycles. The second kappa shape index (κ2) is 5.99. The molecule has 0 bridgehead atoms. The van der Waals surface area contributed by atoms with Gasteiger partial charge in [0.2, 0.25) is 0 Å². The fourth-order valence-corrected chi connectivity index (χ4v) is 3.66. The van der Waals surface area contributed by atoms with E-state index in [-0.39, 0.29) is 11.5 Å². The molecule has 0 spiro atoms. The number of thiophene rings is 1. The largest absolute Gasteiger partial charge is 0.366 e. The first-order valence-corrected chi connectivity index (χ1v) is 8.19. The number of H-pyrrole nitrogens is 1. The van der Waals surface area contributed by atoms with Gasteiger partial charge in [-0.05, 0) is 29.8 Å². The molecular weight excluding hydrogens is 341 g/mol. The SMILES string of the molecule is NC(=O)c1nnc(Nc2cc[nH]c2)c2cc(-c3cccc(F)c3)sc12. The lowest BCUT2D eigenvalue weighted by Crippen LogP contribution is -2.14. The highest BCUT2D eigenvalue weighted by Crippen LogP contribution is 2.38. The number of carbonyl (C=O) groups is 1. The van der Waals surface area contributed by atoms with Crippen molar-refractivity contribution in [3.63, 3.8) is 0 Å². The standard InChI is InChI=1S/C17H12FN5OS/c18-10-3-1-2-9(6-10)13-7-12-15(25-13)14(16(19)24)22-23-17(12)21-11-4-5-20-8-11/h1-8,20H,(H2,19,24)(H,21,23). The van der Waals surface area contributed by atoms with Crippen LogP contribution in [0.2, 0.25) is 0 Å². The van der Waals surface area contributed by atoms with Crippen molar-refractivity contribution in [3.05, 3.63) is 60.3 Å². The Morgan fingerprint density at radius 1 is 1.24 bits per heavy atom. The predicted molar refractivity (Wildman–Crippen MR) is 95.4 cm³/mol. The van der Waals surface area contributed by atoms with E-state index in [4.69, 9.17) is 5.73 Å². The molecule has 124 valence electrons. The smallest absolute Gasteiger partial charge is 0.270 e. The van der Waals surface area contributed by atoms with E-state index in [1.165, 1.54) is 23.5 Å². The summed E-state index contributed by atoms with van der Waals surface area (Å²) in [6.07, 6.45) is 3.55. The number of aromatic nitrogens is 3. The molecule has 0 fully saturated rings. The lowest BCUT2D eigenvalue weighted by atomic mass is 10.1. The van der Waals surface area contributed by atoms with Crippen molar-refractivity contribution in [2.45, 2.75) is 0 Å². The predicted octanol–water partition coefficient (Wildman–Crippen LogP) is 3.67. The number of amides is 1. The van der Waals surface area contributed by atoms with Crippen molar-refractivity contribution >= 4 is 38.8 Å².